The first-order chi connectivity index (χ1) is 17.9. The monoisotopic (exact) mass is 592 g/mol. The van der Waals surface area contributed by atoms with E-state index in [2.05, 4.69) is 25.6 Å². The van der Waals surface area contributed by atoms with E-state index in [1.807, 2.05) is 0 Å². The van der Waals surface area contributed by atoms with Gasteiger partial charge in [0.25, 0.3) is 0 Å². The number of ether oxygens (including phenoxy) is 2. The largest absolute Gasteiger partial charge is 0.497 e. The first-order valence-electron chi connectivity index (χ1n) is 10.7. The maximum Gasteiger partial charge on any atom is 0.340 e. The minimum atomic E-state index is -4.85. The fourth-order valence-corrected chi connectivity index (χ4v) is 6.29. The fraction of sp³-hybridized carbons (Fsp3) is 0.368. The molecule has 4 rings (SSSR count). The summed E-state index contributed by atoms with van der Waals surface area (Å²) >= 11 is 6.07. The molecule has 38 heavy (non-hydrogen) atoms. The molecular formula is C19H23ClN6O10P2. The maximum absolute atomic E-state index is 11.9. The number of nitrogens with zero attached hydrogens (tertiary/aromatic N) is 5. The molecule has 0 radical (unpaired) electrons. The molecule has 3 aromatic rings. The first-order valence-corrected chi connectivity index (χ1v) is 14.7. The van der Waals surface area contributed by atoms with Crippen molar-refractivity contribution in [1.82, 2.24) is 19.7 Å². The van der Waals surface area contributed by atoms with E-state index in [1.165, 1.54) is 12.4 Å². The van der Waals surface area contributed by atoms with E-state index in [-0.39, 0.29) is 16.7 Å². The van der Waals surface area contributed by atoms with Crippen LogP contribution < -0.4 is 10.2 Å². The van der Waals surface area contributed by atoms with Gasteiger partial charge in [-0.2, -0.15) is 20.2 Å². The van der Waals surface area contributed by atoms with Gasteiger partial charge in [0.15, 0.2) is 23.6 Å². The third-order valence-corrected chi connectivity index (χ3v) is 8.93. The van der Waals surface area contributed by atoms with Crippen molar-refractivity contribution in [3.63, 3.8) is 0 Å². The molecule has 6 N–H and O–H groups in total. The van der Waals surface area contributed by atoms with E-state index in [9.17, 15) is 24.2 Å². The van der Waals surface area contributed by atoms with Crippen molar-refractivity contribution >= 4 is 49.9 Å². The van der Waals surface area contributed by atoms with Crippen molar-refractivity contribution in [2.24, 2.45) is 5.10 Å². The lowest BCUT2D eigenvalue weighted by Gasteiger charge is -2.18. The number of nitrogens with one attached hydrogen (secondary N) is 1. The molecule has 19 heteroatoms. The SMILES string of the molecule is COc1ccc(/C=N/Nc2nc(Cl)nc3c2cnn3[C@@H]2O[C@H](COP(=O)(O)CP(=O)(O)O)[C@@H](O)[C@H]2O)cc1. The summed E-state index contributed by atoms with van der Waals surface area (Å²) < 4.78 is 39.5. The Morgan fingerprint density at radius 2 is 1.89 bits per heavy atom. The number of hydrogen-bond donors (Lipinski definition) is 6. The van der Waals surface area contributed by atoms with Gasteiger partial charge in [-0.05, 0) is 41.4 Å². The number of halogens is 1. The van der Waals surface area contributed by atoms with Gasteiger partial charge in [0.2, 0.25) is 5.28 Å². The highest BCUT2D eigenvalue weighted by Gasteiger charge is 2.46. The van der Waals surface area contributed by atoms with Crippen LogP contribution in [0.1, 0.15) is 11.8 Å². The van der Waals surface area contributed by atoms with Crippen LogP contribution >= 0.6 is 26.8 Å². The van der Waals surface area contributed by atoms with E-state index < -0.39 is 52.2 Å². The summed E-state index contributed by atoms with van der Waals surface area (Å²) in [6.07, 6.45) is -2.95. The summed E-state index contributed by atoms with van der Waals surface area (Å²) in [7, 11) is -7.99. The van der Waals surface area contributed by atoms with Crippen molar-refractivity contribution in [3.05, 3.63) is 41.3 Å². The summed E-state index contributed by atoms with van der Waals surface area (Å²) in [5, 5.41) is 29.4. The number of methoxy groups -OCH3 is 1. The zero-order valence-electron chi connectivity index (χ0n) is 19.5. The van der Waals surface area contributed by atoms with Gasteiger partial charge in [-0.1, -0.05) is 0 Å². The average Bonchev–Trinajstić information content (AvgIpc) is 3.37. The Labute approximate surface area is 219 Å². The van der Waals surface area contributed by atoms with Crippen molar-refractivity contribution in [2.45, 2.75) is 24.5 Å². The van der Waals surface area contributed by atoms with E-state index in [0.717, 1.165) is 10.2 Å². The summed E-state index contributed by atoms with van der Waals surface area (Å²) in [4.78, 5) is 35.7. The van der Waals surface area contributed by atoms with Crippen LogP contribution in [0.5, 0.6) is 5.75 Å². The second-order valence-electron chi connectivity index (χ2n) is 8.10. The van der Waals surface area contributed by atoms with Crippen molar-refractivity contribution in [1.29, 1.82) is 0 Å². The summed E-state index contributed by atoms with van der Waals surface area (Å²) in [6.45, 7) is -0.746. The Kier molecular flexibility index (Phi) is 8.49. The lowest BCUT2D eigenvalue weighted by Crippen LogP contribution is -2.33. The summed E-state index contributed by atoms with van der Waals surface area (Å²) in [5.74, 6) is -0.541. The molecule has 3 heterocycles. The van der Waals surface area contributed by atoms with Gasteiger partial charge in [0.1, 0.15) is 24.1 Å². The third-order valence-electron chi connectivity index (χ3n) is 5.31. The molecule has 16 nitrogen and oxygen atoms in total. The minimum Gasteiger partial charge on any atom is -0.497 e. The van der Waals surface area contributed by atoms with E-state index in [4.69, 9.17) is 35.4 Å². The molecule has 2 aromatic heterocycles. The fourth-order valence-electron chi connectivity index (χ4n) is 3.56. The number of aliphatic hydroxyl groups excluding tert-OH is 2. The molecule has 1 aliphatic heterocycles. The van der Waals surface area contributed by atoms with Gasteiger partial charge in [0.05, 0.1) is 31.5 Å². The Hall–Kier alpha value is -2.49. The molecule has 1 fully saturated rings. The maximum atomic E-state index is 11.9. The number of rotatable bonds is 10. The number of hydrogen-bond acceptors (Lipinski definition) is 12. The second-order valence-corrected chi connectivity index (χ2v) is 12.4. The van der Waals surface area contributed by atoms with Gasteiger partial charge < -0.3 is 38.9 Å². The molecule has 1 aromatic carbocycles. The predicted molar refractivity (Wildman–Crippen MR) is 133 cm³/mol. The molecule has 0 amide bonds. The van der Waals surface area contributed by atoms with Gasteiger partial charge >= 0.3 is 15.2 Å². The number of aromatic nitrogens is 4. The van der Waals surface area contributed by atoms with Crippen LogP contribution in [-0.2, 0) is 18.4 Å². The van der Waals surface area contributed by atoms with Crippen LogP contribution in [0.25, 0.3) is 11.0 Å². The van der Waals surface area contributed by atoms with Gasteiger partial charge in [-0.3, -0.25) is 14.6 Å². The number of hydrazone groups is 1. The van der Waals surface area contributed by atoms with Crippen molar-refractivity contribution < 1.29 is 48.0 Å². The lowest BCUT2D eigenvalue weighted by molar-refractivity contribution is -0.0541. The minimum absolute atomic E-state index is 0.110. The first kappa shape index (κ1) is 28.5. The summed E-state index contributed by atoms with van der Waals surface area (Å²) in [5.41, 5.74) is 3.63. The van der Waals surface area contributed by atoms with E-state index >= 15 is 0 Å². The molecular weight excluding hydrogens is 570 g/mol. The van der Waals surface area contributed by atoms with Crippen LogP contribution in [0.15, 0.2) is 35.6 Å². The van der Waals surface area contributed by atoms with Crippen LogP contribution in [0.4, 0.5) is 5.82 Å². The molecule has 5 atom stereocenters. The summed E-state index contributed by atoms with van der Waals surface area (Å²) in [6, 6.07) is 7.11. The molecule has 0 spiro atoms. The normalized spacial score (nSPS) is 23.7. The Morgan fingerprint density at radius 3 is 2.55 bits per heavy atom. The zero-order valence-corrected chi connectivity index (χ0v) is 22.0. The molecule has 0 aliphatic carbocycles. The lowest BCUT2D eigenvalue weighted by atomic mass is 10.1. The van der Waals surface area contributed by atoms with Gasteiger partial charge in [-0.25, -0.2) is 4.68 Å². The Balaban J connectivity index is 1.51. The van der Waals surface area contributed by atoms with E-state index in [0.29, 0.717) is 11.1 Å². The topological polar surface area (TPSA) is 231 Å². The van der Waals surface area contributed by atoms with Crippen LogP contribution in [0.2, 0.25) is 5.28 Å². The molecule has 1 saturated heterocycles. The van der Waals surface area contributed by atoms with Crippen molar-refractivity contribution in [2.75, 3.05) is 25.0 Å². The molecule has 1 aliphatic rings. The molecule has 0 saturated carbocycles. The zero-order chi connectivity index (χ0) is 27.7. The van der Waals surface area contributed by atoms with Crippen molar-refractivity contribution in [3.8, 4) is 5.75 Å². The smallest absolute Gasteiger partial charge is 0.340 e. The molecule has 0 bridgehead atoms. The van der Waals surface area contributed by atoms with E-state index in [1.54, 1.807) is 31.4 Å². The average molecular weight is 593 g/mol. The Bertz CT molecular complexity index is 1420. The van der Waals surface area contributed by atoms with Crippen LogP contribution in [0, 0.1) is 0 Å². The van der Waals surface area contributed by atoms with Gasteiger partial charge in [-0.15, -0.1) is 0 Å². The number of fused-ring (bicyclic) bond motifs is 1. The highest BCUT2D eigenvalue weighted by Crippen LogP contribution is 2.55. The van der Waals surface area contributed by atoms with Gasteiger partial charge in [0, 0.05) is 0 Å². The third kappa shape index (κ3) is 6.74. The number of aliphatic hydroxyl groups is 2. The Morgan fingerprint density at radius 1 is 1.18 bits per heavy atom. The number of benzene rings is 1. The van der Waals surface area contributed by atoms with Crippen LogP contribution in [0.3, 0.4) is 0 Å². The standard InChI is InChI=1S/C19H23ClN6O10P2/c1-34-11-4-2-10(3-5-11)6-21-25-16-12-7-22-26(17(12)24-19(20)23-16)18-15(28)14(27)13(36-18)8-35-38(32,33)9-37(29,30)31/h2-7,13-15,18,27-28H,8-9H2,1H3,(H,32,33)(H,23,24,25)(H2,29,30,31)/b21-6+/t13-,14-,15-,18-/m1/s1. The highest BCUT2D eigenvalue weighted by molar-refractivity contribution is 7.70. The second kappa shape index (κ2) is 11.3. The predicted octanol–water partition coefficient (Wildman–Crippen LogP) is 0.891. The highest BCUT2D eigenvalue weighted by atomic mass is 35.5. The van der Waals surface area contributed by atoms with Crippen LogP contribution in [-0.4, -0.2) is 88.8 Å². The quantitative estimate of drug-likeness (QED) is 0.0831. The number of anilines is 1. The molecule has 1 unspecified atom stereocenters. The molecule has 206 valence electrons.